The minimum atomic E-state index is 0.426. The molecule has 0 amide bonds. The lowest BCUT2D eigenvalue weighted by molar-refractivity contribution is 1.10. The van der Waals surface area contributed by atoms with Crippen molar-refractivity contribution in [2.24, 2.45) is 0 Å². The van der Waals surface area contributed by atoms with Crippen molar-refractivity contribution >= 4 is 39.3 Å². The summed E-state index contributed by atoms with van der Waals surface area (Å²) in [6, 6.07) is 8.10. The van der Waals surface area contributed by atoms with Crippen molar-refractivity contribution in [3.63, 3.8) is 0 Å². The van der Waals surface area contributed by atoms with Crippen LogP contribution in [0.1, 0.15) is 5.69 Å². The highest BCUT2D eigenvalue weighted by atomic mass is 79.9. The van der Waals surface area contributed by atoms with Crippen molar-refractivity contribution in [2.45, 2.75) is 10.6 Å². The monoisotopic (exact) mass is 314 g/mol. The minimum Gasteiger partial charge on any atom is -0.256 e. The quantitative estimate of drug-likeness (QED) is 0.794. The molecule has 1 heterocycles. The second-order valence-corrected chi connectivity index (χ2v) is 5.31. The molecule has 82 valence electrons. The van der Waals surface area contributed by atoms with E-state index in [1.165, 1.54) is 4.90 Å². The van der Waals surface area contributed by atoms with E-state index in [1.54, 1.807) is 24.2 Å². The number of halogens is 2. The molecule has 0 aliphatic heterocycles. The molecule has 2 aromatic rings. The first-order valence-corrected chi connectivity index (χ1v) is 6.75. The summed E-state index contributed by atoms with van der Waals surface area (Å²) >= 11 is 10.9. The average molecular weight is 316 g/mol. The van der Waals surface area contributed by atoms with Crippen LogP contribution in [0.5, 0.6) is 0 Å². The third-order valence-corrected chi connectivity index (χ3v) is 4.14. The summed E-state index contributed by atoms with van der Waals surface area (Å²) in [5, 5.41) is 0.426. The van der Waals surface area contributed by atoms with Crippen LogP contribution in [0.3, 0.4) is 0 Å². The molecule has 0 fully saturated rings. The molecule has 0 radical (unpaired) electrons. The van der Waals surface area contributed by atoms with Gasteiger partial charge in [0.2, 0.25) is 0 Å². The van der Waals surface area contributed by atoms with Gasteiger partial charge >= 0.3 is 0 Å². The predicted molar refractivity (Wildman–Crippen MR) is 70.7 cm³/mol. The van der Waals surface area contributed by atoms with Gasteiger partial charge in [-0.3, -0.25) is 4.98 Å². The van der Waals surface area contributed by atoms with Gasteiger partial charge in [0.1, 0.15) is 5.15 Å². The fourth-order valence-electron chi connectivity index (χ4n) is 1.13. The standard InChI is InChI=1S/C11H8BrClN2S/c12-9-3-1-2-4-10(9)16-7-8-5-15-11(13)6-14-8/h1-6H,7H2. The van der Waals surface area contributed by atoms with Crippen LogP contribution in [0.25, 0.3) is 0 Å². The largest absolute Gasteiger partial charge is 0.256 e. The average Bonchev–Trinajstić information content (AvgIpc) is 2.30. The van der Waals surface area contributed by atoms with Crippen molar-refractivity contribution in [2.75, 3.05) is 0 Å². The van der Waals surface area contributed by atoms with Crippen molar-refractivity contribution in [1.82, 2.24) is 9.97 Å². The molecule has 0 bridgehead atoms. The topological polar surface area (TPSA) is 25.8 Å². The van der Waals surface area contributed by atoms with E-state index >= 15 is 0 Å². The molecule has 0 saturated heterocycles. The molecule has 1 aromatic carbocycles. The van der Waals surface area contributed by atoms with Gasteiger partial charge < -0.3 is 0 Å². The lowest BCUT2D eigenvalue weighted by atomic mass is 10.4. The molecule has 0 N–H and O–H groups in total. The Morgan fingerprint density at radius 1 is 1.19 bits per heavy atom. The second kappa shape index (κ2) is 5.66. The number of nitrogens with zero attached hydrogens (tertiary/aromatic N) is 2. The molecule has 0 atom stereocenters. The SMILES string of the molecule is Clc1cnc(CSc2ccccc2Br)cn1. The fraction of sp³-hybridized carbons (Fsp3) is 0.0909. The van der Waals surface area contributed by atoms with E-state index in [9.17, 15) is 0 Å². The highest BCUT2D eigenvalue weighted by molar-refractivity contribution is 9.10. The third-order valence-electron chi connectivity index (χ3n) is 1.89. The van der Waals surface area contributed by atoms with Crippen LogP contribution in [0, 0.1) is 0 Å². The number of benzene rings is 1. The molecular formula is C11H8BrClN2S. The summed E-state index contributed by atoms with van der Waals surface area (Å²) in [6.45, 7) is 0. The maximum Gasteiger partial charge on any atom is 0.147 e. The van der Waals surface area contributed by atoms with Gasteiger partial charge in [-0.2, -0.15) is 0 Å². The highest BCUT2D eigenvalue weighted by Crippen LogP contribution is 2.29. The maximum absolute atomic E-state index is 5.67. The molecule has 2 rings (SSSR count). The first kappa shape index (κ1) is 11.9. The van der Waals surface area contributed by atoms with Gasteiger partial charge in [-0.25, -0.2) is 4.98 Å². The Balaban J connectivity index is 2.02. The molecule has 16 heavy (non-hydrogen) atoms. The molecule has 5 heteroatoms. The number of hydrogen-bond acceptors (Lipinski definition) is 3. The molecule has 0 aliphatic carbocycles. The van der Waals surface area contributed by atoms with E-state index in [1.807, 2.05) is 18.2 Å². The molecule has 0 spiro atoms. The Morgan fingerprint density at radius 3 is 2.69 bits per heavy atom. The van der Waals surface area contributed by atoms with Crippen LogP contribution in [0.15, 0.2) is 46.0 Å². The zero-order chi connectivity index (χ0) is 11.4. The van der Waals surface area contributed by atoms with Gasteiger partial charge in [0.25, 0.3) is 0 Å². The minimum absolute atomic E-state index is 0.426. The summed E-state index contributed by atoms with van der Waals surface area (Å²) in [5.74, 6) is 0.785. The molecule has 2 nitrogen and oxygen atoms in total. The highest BCUT2D eigenvalue weighted by Gasteiger charge is 2.01. The fourth-order valence-corrected chi connectivity index (χ4v) is 2.69. The summed E-state index contributed by atoms with van der Waals surface area (Å²) in [5.41, 5.74) is 0.921. The molecule has 0 aliphatic rings. The molecule has 1 aromatic heterocycles. The van der Waals surface area contributed by atoms with Crippen molar-refractivity contribution in [1.29, 1.82) is 0 Å². The Kier molecular flexibility index (Phi) is 4.21. The number of rotatable bonds is 3. The summed E-state index contributed by atoms with van der Waals surface area (Å²) < 4.78 is 1.10. The normalized spacial score (nSPS) is 10.4. The van der Waals surface area contributed by atoms with E-state index in [0.29, 0.717) is 5.15 Å². The second-order valence-electron chi connectivity index (χ2n) is 3.05. The van der Waals surface area contributed by atoms with Crippen LogP contribution in [-0.2, 0) is 5.75 Å². The van der Waals surface area contributed by atoms with Crippen LogP contribution >= 0.6 is 39.3 Å². The van der Waals surface area contributed by atoms with Gasteiger partial charge in [0.15, 0.2) is 0 Å². The van der Waals surface area contributed by atoms with E-state index in [0.717, 1.165) is 15.9 Å². The van der Waals surface area contributed by atoms with Gasteiger partial charge in [0, 0.05) is 15.1 Å². The summed E-state index contributed by atoms with van der Waals surface area (Å²) in [7, 11) is 0. The van der Waals surface area contributed by atoms with Crippen molar-refractivity contribution in [3.8, 4) is 0 Å². The Labute approximate surface area is 112 Å². The van der Waals surface area contributed by atoms with Crippen molar-refractivity contribution in [3.05, 3.63) is 52.0 Å². The lowest BCUT2D eigenvalue weighted by Crippen LogP contribution is -1.88. The van der Waals surface area contributed by atoms with E-state index in [4.69, 9.17) is 11.6 Å². The van der Waals surface area contributed by atoms with Crippen LogP contribution in [0.2, 0.25) is 5.15 Å². The third kappa shape index (κ3) is 3.20. The van der Waals surface area contributed by atoms with Gasteiger partial charge in [0.05, 0.1) is 18.1 Å². The number of thioether (sulfide) groups is 1. The maximum atomic E-state index is 5.67. The van der Waals surface area contributed by atoms with E-state index < -0.39 is 0 Å². The Bertz CT molecular complexity index is 476. The first-order valence-electron chi connectivity index (χ1n) is 4.59. The van der Waals surface area contributed by atoms with Crippen molar-refractivity contribution < 1.29 is 0 Å². The smallest absolute Gasteiger partial charge is 0.147 e. The molecule has 0 saturated carbocycles. The van der Waals surface area contributed by atoms with Crippen LogP contribution < -0.4 is 0 Å². The molecular weight excluding hydrogens is 308 g/mol. The van der Waals surface area contributed by atoms with Gasteiger partial charge in [-0.1, -0.05) is 23.7 Å². The molecule has 0 unspecified atom stereocenters. The lowest BCUT2D eigenvalue weighted by Gasteiger charge is -2.03. The predicted octanol–water partition coefficient (Wildman–Crippen LogP) is 4.18. The Hall–Kier alpha value is -0.580. The van der Waals surface area contributed by atoms with Gasteiger partial charge in [-0.15, -0.1) is 11.8 Å². The number of aromatic nitrogens is 2. The Morgan fingerprint density at radius 2 is 2.00 bits per heavy atom. The number of hydrogen-bond donors (Lipinski definition) is 0. The zero-order valence-corrected chi connectivity index (χ0v) is 11.4. The van der Waals surface area contributed by atoms with Gasteiger partial charge in [-0.05, 0) is 28.1 Å². The van der Waals surface area contributed by atoms with Crippen LogP contribution in [-0.4, -0.2) is 9.97 Å². The summed E-state index contributed by atoms with van der Waals surface area (Å²) in [4.78, 5) is 9.38. The summed E-state index contributed by atoms with van der Waals surface area (Å²) in [6.07, 6.45) is 3.27. The van der Waals surface area contributed by atoms with E-state index in [2.05, 4.69) is 32.0 Å². The van der Waals surface area contributed by atoms with Crippen LogP contribution in [0.4, 0.5) is 0 Å². The zero-order valence-electron chi connectivity index (χ0n) is 8.23. The van der Waals surface area contributed by atoms with E-state index in [-0.39, 0.29) is 0 Å². The first-order chi connectivity index (χ1) is 7.75.